The molecule has 0 aliphatic rings. The molecule has 0 fully saturated rings. The van der Waals surface area contributed by atoms with Gasteiger partial charge in [0, 0.05) is 6.92 Å². The van der Waals surface area contributed by atoms with Crippen molar-refractivity contribution in [1.82, 2.24) is 4.98 Å². The summed E-state index contributed by atoms with van der Waals surface area (Å²) in [5, 5.41) is 11.6. The number of rotatable bonds is 1. The average molecular weight is 187 g/mol. The molecule has 0 unspecified atom stereocenters. The Balaban J connectivity index is 2.92. The molecule has 5 nitrogen and oxygen atoms in total. The lowest BCUT2D eigenvalue weighted by atomic mass is 10.2. The molecule has 0 aliphatic carbocycles. The molecule has 0 amide bonds. The summed E-state index contributed by atoms with van der Waals surface area (Å²) in [7, 11) is 0. The van der Waals surface area contributed by atoms with Gasteiger partial charge in [0.05, 0.1) is 5.56 Å². The van der Waals surface area contributed by atoms with Crippen LogP contribution in [0, 0.1) is 23.2 Å². The van der Waals surface area contributed by atoms with Crippen LogP contribution in [0.3, 0.4) is 0 Å². The number of fused-ring (bicyclic) bond motifs is 1. The molecule has 0 saturated heterocycles. The van der Waals surface area contributed by atoms with E-state index in [4.69, 9.17) is 9.68 Å². The van der Waals surface area contributed by atoms with Crippen molar-refractivity contribution in [3.8, 4) is 6.07 Å². The van der Waals surface area contributed by atoms with E-state index in [0.717, 1.165) is 0 Å². The Morgan fingerprint density at radius 3 is 3.00 bits per heavy atom. The molecule has 14 heavy (non-hydrogen) atoms. The van der Waals surface area contributed by atoms with Gasteiger partial charge in [-0.1, -0.05) is 0 Å². The van der Waals surface area contributed by atoms with Crippen molar-refractivity contribution in [2.24, 2.45) is 5.18 Å². The Morgan fingerprint density at radius 1 is 1.57 bits per heavy atom. The molecule has 0 atom stereocenters. The number of hydrogen-bond donors (Lipinski definition) is 0. The number of nitriles is 1. The zero-order valence-electron chi connectivity index (χ0n) is 7.31. The second-order valence-corrected chi connectivity index (χ2v) is 2.75. The average Bonchev–Trinajstić information content (AvgIpc) is 2.57. The van der Waals surface area contributed by atoms with Crippen LogP contribution in [0.25, 0.3) is 11.1 Å². The molecule has 0 spiro atoms. The van der Waals surface area contributed by atoms with Crippen LogP contribution in [0.15, 0.2) is 21.7 Å². The van der Waals surface area contributed by atoms with E-state index in [0.29, 0.717) is 22.6 Å². The normalized spacial score (nSPS) is 10.0. The van der Waals surface area contributed by atoms with E-state index < -0.39 is 0 Å². The predicted molar refractivity (Wildman–Crippen MR) is 48.9 cm³/mol. The molecule has 0 aliphatic heterocycles. The summed E-state index contributed by atoms with van der Waals surface area (Å²) in [6, 6.07) is 4.90. The van der Waals surface area contributed by atoms with Crippen LogP contribution in [0.1, 0.15) is 11.5 Å². The van der Waals surface area contributed by atoms with E-state index in [9.17, 15) is 4.91 Å². The third kappa shape index (κ3) is 1.05. The van der Waals surface area contributed by atoms with Crippen molar-refractivity contribution < 1.29 is 4.42 Å². The Bertz CT molecular complexity index is 551. The van der Waals surface area contributed by atoms with E-state index in [2.05, 4.69) is 10.2 Å². The van der Waals surface area contributed by atoms with Crippen molar-refractivity contribution in [2.75, 3.05) is 0 Å². The van der Waals surface area contributed by atoms with Gasteiger partial charge >= 0.3 is 0 Å². The smallest absolute Gasteiger partial charge is 0.192 e. The fourth-order valence-electron chi connectivity index (χ4n) is 1.26. The largest absolute Gasteiger partial charge is 0.440 e. The van der Waals surface area contributed by atoms with Gasteiger partial charge in [-0.25, -0.2) is 4.98 Å². The van der Waals surface area contributed by atoms with Gasteiger partial charge < -0.3 is 4.42 Å². The van der Waals surface area contributed by atoms with Crippen LogP contribution in [-0.2, 0) is 0 Å². The zero-order chi connectivity index (χ0) is 10.1. The summed E-state index contributed by atoms with van der Waals surface area (Å²) in [6.07, 6.45) is 0. The van der Waals surface area contributed by atoms with Crippen LogP contribution in [0.2, 0.25) is 0 Å². The lowest BCUT2D eigenvalue weighted by molar-refractivity contribution is 0.560. The molecular weight excluding hydrogens is 182 g/mol. The number of hydrogen-bond acceptors (Lipinski definition) is 5. The monoisotopic (exact) mass is 187 g/mol. The molecule has 0 saturated carbocycles. The first kappa shape index (κ1) is 8.38. The third-order valence-corrected chi connectivity index (χ3v) is 1.85. The highest BCUT2D eigenvalue weighted by Gasteiger charge is 2.12. The van der Waals surface area contributed by atoms with Crippen LogP contribution >= 0.6 is 0 Å². The first-order valence-corrected chi connectivity index (χ1v) is 3.90. The fourth-order valence-corrected chi connectivity index (χ4v) is 1.26. The van der Waals surface area contributed by atoms with Gasteiger partial charge in [-0.05, 0) is 17.3 Å². The van der Waals surface area contributed by atoms with Crippen LogP contribution in [-0.4, -0.2) is 4.98 Å². The highest BCUT2D eigenvalue weighted by Crippen LogP contribution is 2.28. The second kappa shape index (κ2) is 2.92. The molecule has 0 radical (unpaired) electrons. The molecule has 5 heteroatoms. The van der Waals surface area contributed by atoms with Gasteiger partial charge in [0.15, 0.2) is 11.5 Å². The van der Waals surface area contributed by atoms with Crippen molar-refractivity contribution in [1.29, 1.82) is 5.26 Å². The van der Waals surface area contributed by atoms with E-state index in [-0.39, 0.29) is 5.69 Å². The maximum atomic E-state index is 10.4. The van der Waals surface area contributed by atoms with Gasteiger partial charge in [0.1, 0.15) is 17.3 Å². The molecule has 0 bridgehead atoms. The summed E-state index contributed by atoms with van der Waals surface area (Å²) < 4.78 is 5.20. The van der Waals surface area contributed by atoms with Crippen molar-refractivity contribution in [2.45, 2.75) is 6.92 Å². The van der Waals surface area contributed by atoms with Gasteiger partial charge in [0.2, 0.25) is 0 Å². The third-order valence-electron chi connectivity index (χ3n) is 1.85. The van der Waals surface area contributed by atoms with Crippen LogP contribution in [0.4, 0.5) is 5.69 Å². The minimum absolute atomic E-state index is 0.191. The fraction of sp³-hybridized carbons (Fsp3) is 0.111. The Labute approximate surface area is 78.9 Å². The summed E-state index contributed by atoms with van der Waals surface area (Å²) in [5.41, 5.74) is 1.21. The van der Waals surface area contributed by atoms with Crippen LogP contribution in [0.5, 0.6) is 0 Å². The Kier molecular flexibility index (Phi) is 1.75. The number of nitroso groups, excluding NO2 is 1. The SMILES string of the molecule is Cc1nc2c(N=O)ccc(C#N)c2o1. The van der Waals surface area contributed by atoms with E-state index in [1.165, 1.54) is 12.1 Å². The highest BCUT2D eigenvalue weighted by atomic mass is 16.3. The van der Waals surface area contributed by atoms with Crippen molar-refractivity contribution in [3.05, 3.63) is 28.5 Å². The maximum absolute atomic E-state index is 10.4. The van der Waals surface area contributed by atoms with E-state index in [1.807, 2.05) is 6.07 Å². The maximum Gasteiger partial charge on any atom is 0.192 e. The minimum Gasteiger partial charge on any atom is -0.440 e. The number of aryl methyl sites for hydroxylation is 1. The summed E-state index contributed by atoms with van der Waals surface area (Å²) in [4.78, 5) is 14.4. The first-order chi connectivity index (χ1) is 6.76. The molecule has 1 aromatic carbocycles. The zero-order valence-corrected chi connectivity index (χ0v) is 7.31. The van der Waals surface area contributed by atoms with Crippen molar-refractivity contribution >= 4 is 16.8 Å². The predicted octanol–water partition coefficient (Wildman–Crippen LogP) is 2.41. The topological polar surface area (TPSA) is 79.2 Å². The van der Waals surface area contributed by atoms with E-state index >= 15 is 0 Å². The minimum atomic E-state index is 0.191. The number of nitrogens with zero attached hydrogens (tertiary/aromatic N) is 3. The number of benzene rings is 1. The van der Waals surface area contributed by atoms with Gasteiger partial charge in [0.25, 0.3) is 0 Å². The quantitative estimate of drug-likeness (QED) is 0.642. The first-order valence-electron chi connectivity index (χ1n) is 3.90. The Hall–Kier alpha value is -2.22. The standard InChI is InChI=1S/C9H5N3O2/c1-5-11-8-7(12-13)3-2-6(4-10)9(8)14-5/h2-3H,1H3. The van der Waals surface area contributed by atoms with Gasteiger partial charge in [-0.3, -0.25) is 0 Å². The van der Waals surface area contributed by atoms with Crippen LogP contribution < -0.4 is 0 Å². The molecule has 2 aromatic rings. The molecule has 68 valence electrons. The molecule has 2 rings (SSSR count). The molecule has 1 heterocycles. The van der Waals surface area contributed by atoms with Gasteiger partial charge in [-0.15, -0.1) is 4.91 Å². The Morgan fingerprint density at radius 2 is 2.36 bits per heavy atom. The molecule has 1 aromatic heterocycles. The summed E-state index contributed by atoms with van der Waals surface area (Å²) in [5.74, 6) is 0.410. The molecule has 0 N–H and O–H groups in total. The molecular formula is C9H5N3O2. The van der Waals surface area contributed by atoms with E-state index in [1.54, 1.807) is 6.92 Å². The summed E-state index contributed by atoms with van der Waals surface area (Å²) in [6.45, 7) is 1.65. The lowest BCUT2D eigenvalue weighted by Crippen LogP contribution is -1.76. The summed E-state index contributed by atoms with van der Waals surface area (Å²) >= 11 is 0. The highest BCUT2D eigenvalue weighted by molar-refractivity contribution is 5.89. The second-order valence-electron chi connectivity index (χ2n) is 2.75. The lowest BCUT2D eigenvalue weighted by Gasteiger charge is -1.91. The number of aromatic nitrogens is 1. The van der Waals surface area contributed by atoms with Gasteiger partial charge in [-0.2, -0.15) is 5.26 Å². The number of oxazole rings is 1. The van der Waals surface area contributed by atoms with Crippen molar-refractivity contribution in [3.63, 3.8) is 0 Å².